The third-order valence-electron chi connectivity index (χ3n) is 3.55. The van der Waals surface area contributed by atoms with Crippen LogP contribution < -0.4 is 5.32 Å². The van der Waals surface area contributed by atoms with Crippen LogP contribution in [0, 0.1) is 17.6 Å². The van der Waals surface area contributed by atoms with Crippen molar-refractivity contribution < 1.29 is 18.3 Å². The molecule has 20 heavy (non-hydrogen) atoms. The predicted molar refractivity (Wildman–Crippen MR) is 72.4 cm³/mol. The van der Waals surface area contributed by atoms with Gasteiger partial charge in [-0.2, -0.15) is 0 Å². The van der Waals surface area contributed by atoms with Crippen LogP contribution in [0.2, 0.25) is 0 Å². The molecule has 1 aliphatic heterocycles. The Labute approximate surface area is 117 Å². The summed E-state index contributed by atoms with van der Waals surface area (Å²) in [6.45, 7) is 2.52. The van der Waals surface area contributed by atoms with Crippen LogP contribution in [0.15, 0.2) is 18.2 Å². The smallest absolute Gasteiger partial charge is 0.232 e. The van der Waals surface area contributed by atoms with E-state index in [4.69, 9.17) is 4.74 Å². The van der Waals surface area contributed by atoms with Gasteiger partial charge in [0.2, 0.25) is 5.91 Å². The molecule has 0 spiro atoms. The van der Waals surface area contributed by atoms with Gasteiger partial charge in [-0.25, -0.2) is 8.78 Å². The molecule has 0 bridgehead atoms. The number of hydrogen-bond donors (Lipinski definition) is 1. The molecule has 0 aromatic heterocycles. The molecule has 5 heteroatoms. The van der Waals surface area contributed by atoms with E-state index in [1.807, 2.05) is 0 Å². The fourth-order valence-corrected chi connectivity index (χ4v) is 2.26. The molecule has 110 valence electrons. The Kier molecular flexibility index (Phi) is 5.06. The van der Waals surface area contributed by atoms with Gasteiger partial charge in [-0.1, -0.05) is 26.2 Å². The number of rotatable bonds is 6. The van der Waals surface area contributed by atoms with E-state index < -0.39 is 11.6 Å². The molecule has 1 heterocycles. The van der Waals surface area contributed by atoms with Crippen LogP contribution in [0.5, 0.6) is 0 Å². The first-order valence-corrected chi connectivity index (χ1v) is 6.99. The zero-order valence-electron chi connectivity index (χ0n) is 11.5. The molecule has 2 atom stereocenters. The summed E-state index contributed by atoms with van der Waals surface area (Å²) >= 11 is 0. The number of ether oxygens (including phenoxy) is 1. The van der Waals surface area contributed by atoms with Crippen LogP contribution in [-0.4, -0.2) is 18.6 Å². The number of benzene rings is 1. The third kappa shape index (κ3) is 3.54. The first-order valence-electron chi connectivity index (χ1n) is 6.99. The van der Waals surface area contributed by atoms with Crippen molar-refractivity contribution in [1.82, 2.24) is 0 Å². The number of halogens is 2. The summed E-state index contributed by atoms with van der Waals surface area (Å²) in [4.78, 5) is 12.0. The van der Waals surface area contributed by atoms with E-state index >= 15 is 0 Å². The van der Waals surface area contributed by atoms with E-state index in [-0.39, 0.29) is 23.6 Å². The summed E-state index contributed by atoms with van der Waals surface area (Å²) in [6.07, 6.45) is 4.10. The second-order valence-electron chi connectivity index (χ2n) is 5.09. The first-order chi connectivity index (χ1) is 9.61. The summed E-state index contributed by atoms with van der Waals surface area (Å²) in [5.41, 5.74) is 0.271. The summed E-state index contributed by atoms with van der Waals surface area (Å²) in [5, 5.41) is 2.61. The maximum atomic E-state index is 13.1. The average Bonchev–Trinajstić information content (AvgIpc) is 2.37. The largest absolute Gasteiger partial charge is 0.376 e. The third-order valence-corrected chi connectivity index (χ3v) is 3.55. The lowest BCUT2D eigenvalue weighted by atomic mass is 9.92. The van der Waals surface area contributed by atoms with Crippen molar-refractivity contribution in [3.8, 4) is 0 Å². The minimum atomic E-state index is -0.966. The minimum absolute atomic E-state index is 0.0492. The topological polar surface area (TPSA) is 38.3 Å². The van der Waals surface area contributed by atoms with Gasteiger partial charge in [-0.3, -0.25) is 4.79 Å². The quantitative estimate of drug-likeness (QED) is 0.811. The highest BCUT2D eigenvalue weighted by molar-refractivity contribution is 5.93. The van der Waals surface area contributed by atoms with Crippen molar-refractivity contribution in [2.45, 2.75) is 38.7 Å². The molecule has 2 rings (SSSR count). The molecule has 1 aliphatic rings. The van der Waals surface area contributed by atoms with Crippen LogP contribution in [0.1, 0.15) is 32.6 Å². The lowest BCUT2D eigenvalue weighted by molar-refractivity contribution is -0.152. The predicted octanol–water partition coefficient (Wildman–Crippen LogP) is 3.50. The zero-order chi connectivity index (χ0) is 14.5. The van der Waals surface area contributed by atoms with Crippen molar-refractivity contribution in [2.75, 3.05) is 11.9 Å². The molecular weight excluding hydrogens is 264 g/mol. The molecule has 1 fully saturated rings. The van der Waals surface area contributed by atoms with Crippen molar-refractivity contribution in [2.24, 2.45) is 5.92 Å². The number of carbonyl (C=O) groups excluding carboxylic acids is 1. The molecule has 2 unspecified atom stereocenters. The molecular formula is C15H19F2NO2. The molecule has 0 radical (unpaired) electrons. The van der Waals surface area contributed by atoms with Crippen molar-refractivity contribution in [3.63, 3.8) is 0 Å². The van der Waals surface area contributed by atoms with Gasteiger partial charge in [0.15, 0.2) is 11.6 Å². The molecule has 0 aliphatic carbocycles. The molecule has 1 aromatic carbocycles. The van der Waals surface area contributed by atoms with E-state index in [0.29, 0.717) is 6.61 Å². The zero-order valence-corrected chi connectivity index (χ0v) is 11.5. The highest BCUT2D eigenvalue weighted by Crippen LogP contribution is 2.27. The molecule has 0 saturated carbocycles. The van der Waals surface area contributed by atoms with E-state index in [2.05, 4.69) is 12.2 Å². The fourth-order valence-electron chi connectivity index (χ4n) is 2.26. The van der Waals surface area contributed by atoms with Gasteiger partial charge in [0.05, 0.1) is 18.6 Å². The highest BCUT2D eigenvalue weighted by atomic mass is 19.2. The van der Waals surface area contributed by atoms with E-state index in [1.165, 1.54) is 6.07 Å². The number of carbonyl (C=O) groups is 1. The van der Waals surface area contributed by atoms with Gasteiger partial charge in [-0.05, 0) is 18.6 Å². The van der Waals surface area contributed by atoms with Crippen molar-refractivity contribution in [1.29, 1.82) is 0 Å². The van der Waals surface area contributed by atoms with E-state index in [9.17, 15) is 13.6 Å². The number of anilines is 1. The van der Waals surface area contributed by atoms with Crippen LogP contribution >= 0.6 is 0 Å². The Hall–Kier alpha value is -1.49. The summed E-state index contributed by atoms with van der Waals surface area (Å²) < 4.78 is 31.3. The molecule has 1 aromatic rings. The Balaban J connectivity index is 1.86. The van der Waals surface area contributed by atoms with Gasteiger partial charge in [0, 0.05) is 11.8 Å². The van der Waals surface area contributed by atoms with Crippen molar-refractivity contribution in [3.05, 3.63) is 29.8 Å². The number of amides is 1. The van der Waals surface area contributed by atoms with E-state index in [1.54, 1.807) is 0 Å². The summed E-state index contributed by atoms with van der Waals surface area (Å²) in [6, 6.07) is 3.34. The monoisotopic (exact) mass is 283 g/mol. The fraction of sp³-hybridized carbons (Fsp3) is 0.533. The minimum Gasteiger partial charge on any atom is -0.376 e. The van der Waals surface area contributed by atoms with Crippen LogP contribution in [0.25, 0.3) is 0 Å². The molecule has 3 nitrogen and oxygen atoms in total. The van der Waals surface area contributed by atoms with E-state index in [0.717, 1.165) is 37.8 Å². The standard InChI is InChI=1S/C15H19F2NO2/c1-2-3-4-5-14-11(9-20-14)15(19)18-10-6-7-12(16)13(17)8-10/h6-8,11,14H,2-5,9H2,1H3,(H,18,19). The maximum absolute atomic E-state index is 13.1. The lowest BCUT2D eigenvalue weighted by Crippen LogP contribution is -2.47. The highest BCUT2D eigenvalue weighted by Gasteiger charge is 2.37. The first kappa shape index (κ1) is 14.9. The van der Waals surface area contributed by atoms with Gasteiger partial charge in [0.1, 0.15) is 0 Å². The Bertz CT molecular complexity index is 479. The second kappa shape index (κ2) is 6.79. The average molecular weight is 283 g/mol. The Morgan fingerprint density at radius 2 is 2.15 bits per heavy atom. The molecule has 1 N–H and O–H groups in total. The molecule has 1 saturated heterocycles. The van der Waals surface area contributed by atoms with Crippen LogP contribution in [0.4, 0.5) is 14.5 Å². The Morgan fingerprint density at radius 1 is 1.35 bits per heavy atom. The van der Waals surface area contributed by atoms with Gasteiger partial charge in [0.25, 0.3) is 0 Å². The lowest BCUT2D eigenvalue weighted by Gasteiger charge is -2.35. The van der Waals surface area contributed by atoms with Gasteiger partial charge >= 0.3 is 0 Å². The summed E-state index contributed by atoms with van der Waals surface area (Å²) in [7, 11) is 0. The van der Waals surface area contributed by atoms with Crippen LogP contribution in [-0.2, 0) is 9.53 Å². The summed E-state index contributed by atoms with van der Waals surface area (Å²) in [5.74, 6) is -2.27. The van der Waals surface area contributed by atoms with Crippen LogP contribution in [0.3, 0.4) is 0 Å². The molecule has 1 amide bonds. The van der Waals surface area contributed by atoms with Gasteiger partial charge in [-0.15, -0.1) is 0 Å². The number of unbranched alkanes of at least 4 members (excludes halogenated alkanes) is 2. The SMILES string of the molecule is CCCCCC1OCC1C(=O)Nc1ccc(F)c(F)c1. The normalized spacial score (nSPS) is 21.4. The van der Waals surface area contributed by atoms with Crippen molar-refractivity contribution >= 4 is 11.6 Å². The van der Waals surface area contributed by atoms with Gasteiger partial charge < -0.3 is 10.1 Å². The Morgan fingerprint density at radius 3 is 2.75 bits per heavy atom. The number of hydrogen-bond acceptors (Lipinski definition) is 2. The second-order valence-corrected chi connectivity index (χ2v) is 5.09. The number of nitrogens with one attached hydrogen (secondary N) is 1. The maximum Gasteiger partial charge on any atom is 0.232 e.